The molecule has 0 saturated carbocycles. The van der Waals surface area contributed by atoms with Crippen molar-refractivity contribution in [3.8, 4) is 16.2 Å². The van der Waals surface area contributed by atoms with E-state index in [9.17, 15) is 14.4 Å². The molecule has 1 aliphatic rings. The molecule has 1 aliphatic heterocycles. The topological polar surface area (TPSA) is 97.8 Å². The number of ether oxygens (including phenoxy) is 2. The highest BCUT2D eigenvalue weighted by molar-refractivity contribution is 7.13. The normalized spacial score (nSPS) is 17.1. The van der Waals surface area contributed by atoms with Crippen LogP contribution in [0.25, 0.3) is 10.4 Å². The molecule has 1 fully saturated rings. The first-order valence-electron chi connectivity index (χ1n) is 11.8. The molecule has 1 aromatic carbocycles. The minimum Gasteiger partial charge on any atom is -0.444 e. The van der Waals surface area contributed by atoms with E-state index in [1.165, 1.54) is 16.2 Å². The molecule has 0 bridgehead atoms. The number of rotatable bonds is 5. The van der Waals surface area contributed by atoms with E-state index < -0.39 is 35.2 Å². The van der Waals surface area contributed by atoms with Crippen LogP contribution in [-0.2, 0) is 14.3 Å². The van der Waals surface area contributed by atoms with Gasteiger partial charge in [-0.15, -0.1) is 11.3 Å². The second kappa shape index (κ2) is 10.4. The summed E-state index contributed by atoms with van der Waals surface area (Å²) in [5.74, 6) is -0.394. The Morgan fingerprint density at radius 3 is 2.49 bits per heavy atom. The minimum atomic E-state index is -0.858. The predicted molar refractivity (Wildman–Crippen MR) is 135 cm³/mol. The molecule has 1 aromatic heterocycles. The fourth-order valence-corrected chi connectivity index (χ4v) is 4.78. The van der Waals surface area contributed by atoms with E-state index in [4.69, 9.17) is 9.47 Å². The van der Waals surface area contributed by atoms with Crippen molar-refractivity contribution in [2.24, 2.45) is 5.41 Å². The Hall–Kier alpha value is -2.94. The van der Waals surface area contributed by atoms with Crippen molar-refractivity contribution < 1.29 is 23.9 Å². The number of alkyl carbamates (subject to hydrolysis) is 1. The van der Waals surface area contributed by atoms with Gasteiger partial charge in [0, 0.05) is 6.54 Å². The highest BCUT2D eigenvalue weighted by atomic mass is 32.1. The first-order chi connectivity index (χ1) is 16.3. The maximum atomic E-state index is 13.5. The number of amides is 2. The molecule has 1 N–H and O–H groups in total. The minimum absolute atomic E-state index is 0.322. The number of esters is 1. The van der Waals surface area contributed by atoms with Gasteiger partial charge in [0.15, 0.2) is 0 Å². The number of aromatic nitrogens is 1. The van der Waals surface area contributed by atoms with Crippen LogP contribution in [0.1, 0.15) is 60.1 Å². The van der Waals surface area contributed by atoms with Crippen LogP contribution in [0.15, 0.2) is 29.8 Å². The summed E-state index contributed by atoms with van der Waals surface area (Å²) < 4.78 is 11.1. The van der Waals surface area contributed by atoms with E-state index in [1.54, 1.807) is 32.3 Å². The Morgan fingerprint density at radius 2 is 1.89 bits per heavy atom. The molecule has 3 rings (SSSR count). The van der Waals surface area contributed by atoms with Crippen molar-refractivity contribution in [1.29, 1.82) is 0 Å². The van der Waals surface area contributed by atoms with Gasteiger partial charge < -0.3 is 19.7 Å². The van der Waals surface area contributed by atoms with Gasteiger partial charge in [-0.2, -0.15) is 0 Å². The van der Waals surface area contributed by atoms with E-state index in [0.29, 0.717) is 25.1 Å². The lowest BCUT2D eigenvalue weighted by atomic mass is 9.85. The van der Waals surface area contributed by atoms with Gasteiger partial charge in [-0.25, -0.2) is 14.6 Å². The molecule has 2 heterocycles. The van der Waals surface area contributed by atoms with Crippen LogP contribution in [0.3, 0.4) is 0 Å². The average molecular weight is 502 g/mol. The lowest BCUT2D eigenvalue weighted by Crippen LogP contribution is -2.57. The molecular formula is C26H35N3O5S. The SMILES string of the molecule is Cc1ncsc1-c1cccc(OC(=O)[C@@H]2CCCN2C(=O)C(NC(=O)OC(C)(C)C)C(C)(C)C)c1. The van der Waals surface area contributed by atoms with Gasteiger partial charge >= 0.3 is 12.1 Å². The van der Waals surface area contributed by atoms with E-state index in [0.717, 1.165) is 16.1 Å². The monoisotopic (exact) mass is 501 g/mol. The molecule has 2 atom stereocenters. The highest BCUT2D eigenvalue weighted by Gasteiger charge is 2.43. The zero-order valence-corrected chi connectivity index (χ0v) is 22.3. The number of hydrogen-bond acceptors (Lipinski definition) is 7. The van der Waals surface area contributed by atoms with Crippen molar-refractivity contribution in [1.82, 2.24) is 15.2 Å². The first-order valence-corrected chi connectivity index (χ1v) is 12.7. The highest BCUT2D eigenvalue weighted by Crippen LogP contribution is 2.31. The summed E-state index contributed by atoms with van der Waals surface area (Å²) in [6.07, 6.45) is 0.510. The van der Waals surface area contributed by atoms with E-state index >= 15 is 0 Å². The van der Waals surface area contributed by atoms with Gasteiger partial charge in [0.1, 0.15) is 23.4 Å². The predicted octanol–water partition coefficient (Wildman–Crippen LogP) is 4.95. The smallest absolute Gasteiger partial charge is 0.408 e. The molecule has 1 saturated heterocycles. The maximum Gasteiger partial charge on any atom is 0.408 e. The molecule has 1 unspecified atom stereocenters. The summed E-state index contributed by atoms with van der Waals surface area (Å²) in [4.78, 5) is 46.0. The number of aryl methyl sites for hydroxylation is 1. The molecular weight excluding hydrogens is 466 g/mol. The number of nitrogens with zero attached hydrogens (tertiary/aromatic N) is 2. The second-order valence-electron chi connectivity index (χ2n) is 10.9. The first kappa shape index (κ1) is 26.7. The molecule has 9 heteroatoms. The van der Waals surface area contributed by atoms with Crippen molar-refractivity contribution in [3.63, 3.8) is 0 Å². The molecule has 0 radical (unpaired) electrons. The Balaban J connectivity index is 1.75. The largest absolute Gasteiger partial charge is 0.444 e. The molecule has 35 heavy (non-hydrogen) atoms. The van der Waals surface area contributed by atoms with E-state index in [-0.39, 0.29) is 5.91 Å². The van der Waals surface area contributed by atoms with Crippen LogP contribution in [0, 0.1) is 12.3 Å². The van der Waals surface area contributed by atoms with Gasteiger partial charge in [-0.1, -0.05) is 32.9 Å². The van der Waals surface area contributed by atoms with Crippen molar-refractivity contribution in [2.45, 2.75) is 79.0 Å². The lowest BCUT2D eigenvalue weighted by Gasteiger charge is -2.35. The Kier molecular flexibility index (Phi) is 7.89. The van der Waals surface area contributed by atoms with Crippen LogP contribution in [0.2, 0.25) is 0 Å². The quantitative estimate of drug-likeness (QED) is 0.460. The number of carbonyl (C=O) groups excluding carboxylic acids is 3. The van der Waals surface area contributed by atoms with Crippen LogP contribution in [-0.4, -0.2) is 52.1 Å². The standard InChI is InChI=1S/C26H35N3O5S/c1-16-20(35-15-27-16)17-10-8-11-18(14-17)33-23(31)19-12-9-13-29(19)22(30)21(25(2,3)4)28-24(32)34-26(5,6)7/h8,10-11,14-15,19,21H,9,12-13H2,1-7H3,(H,28,32)/t19-,21?/m0/s1. The molecule has 190 valence electrons. The fourth-order valence-electron chi connectivity index (χ4n) is 3.98. The third-order valence-electron chi connectivity index (χ3n) is 5.64. The zero-order chi connectivity index (χ0) is 26.0. The average Bonchev–Trinajstić information content (AvgIpc) is 3.39. The van der Waals surface area contributed by atoms with Crippen molar-refractivity contribution >= 4 is 29.3 Å². The number of benzene rings is 1. The van der Waals surface area contributed by atoms with Gasteiger partial charge in [0.25, 0.3) is 0 Å². The Labute approximate surface area is 211 Å². The number of nitrogens with one attached hydrogen (secondary N) is 1. The fraction of sp³-hybridized carbons (Fsp3) is 0.538. The number of thiazole rings is 1. The molecule has 2 aromatic rings. The summed E-state index contributed by atoms with van der Waals surface area (Å²) in [6.45, 7) is 13.2. The number of likely N-dealkylation sites (tertiary alicyclic amines) is 1. The third kappa shape index (κ3) is 6.81. The summed E-state index contributed by atoms with van der Waals surface area (Å²) in [6, 6.07) is 5.72. The second-order valence-corrected chi connectivity index (χ2v) is 11.7. The summed E-state index contributed by atoms with van der Waals surface area (Å²) in [5, 5.41) is 2.72. The molecule has 0 aliphatic carbocycles. The van der Waals surface area contributed by atoms with Gasteiger partial charge in [0.2, 0.25) is 5.91 Å². The summed E-state index contributed by atoms with van der Waals surface area (Å²) in [5.41, 5.74) is 2.33. The Morgan fingerprint density at radius 1 is 1.17 bits per heavy atom. The van der Waals surface area contributed by atoms with Gasteiger partial charge in [-0.05, 0) is 63.6 Å². The molecule has 0 spiro atoms. The Bertz CT molecular complexity index is 1080. The number of hydrogen-bond donors (Lipinski definition) is 1. The summed E-state index contributed by atoms with van der Waals surface area (Å²) >= 11 is 1.52. The van der Waals surface area contributed by atoms with Crippen molar-refractivity contribution in [2.75, 3.05) is 6.54 Å². The van der Waals surface area contributed by atoms with Crippen LogP contribution < -0.4 is 10.1 Å². The summed E-state index contributed by atoms with van der Waals surface area (Å²) in [7, 11) is 0. The van der Waals surface area contributed by atoms with Crippen LogP contribution >= 0.6 is 11.3 Å². The number of carbonyl (C=O) groups is 3. The van der Waals surface area contributed by atoms with Gasteiger partial charge in [-0.3, -0.25) is 4.79 Å². The van der Waals surface area contributed by atoms with Crippen molar-refractivity contribution in [3.05, 3.63) is 35.5 Å². The van der Waals surface area contributed by atoms with E-state index in [1.807, 2.05) is 45.9 Å². The van der Waals surface area contributed by atoms with E-state index in [2.05, 4.69) is 10.3 Å². The maximum absolute atomic E-state index is 13.5. The molecule has 8 nitrogen and oxygen atoms in total. The zero-order valence-electron chi connectivity index (χ0n) is 21.5. The van der Waals surface area contributed by atoms with Gasteiger partial charge in [0.05, 0.1) is 16.1 Å². The van der Waals surface area contributed by atoms with Crippen LogP contribution in [0.5, 0.6) is 5.75 Å². The third-order valence-corrected chi connectivity index (χ3v) is 6.62. The molecule has 2 amide bonds. The lowest BCUT2D eigenvalue weighted by molar-refractivity contribution is -0.148. The van der Waals surface area contributed by atoms with Crippen LogP contribution in [0.4, 0.5) is 4.79 Å².